The average molecular weight is 128 g/mol. The van der Waals surface area contributed by atoms with Crippen molar-refractivity contribution in [1.82, 2.24) is 0 Å². The summed E-state index contributed by atoms with van der Waals surface area (Å²) in [5.41, 5.74) is 0.424. The highest BCUT2D eigenvalue weighted by atomic mass is 16.3. The first-order valence-electron chi connectivity index (χ1n) is 2.81. The number of rotatable bonds is 3. The van der Waals surface area contributed by atoms with Gasteiger partial charge in [0.05, 0.1) is 12.7 Å². The predicted molar refractivity (Wildman–Crippen MR) is 37.0 cm³/mol. The van der Waals surface area contributed by atoms with E-state index in [2.05, 4.69) is 6.58 Å². The van der Waals surface area contributed by atoms with Gasteiger partial charge in [-0.2, -0.15) is 0 Å². The summed E-state index contributed by atoms with van der Waals surface area (Å²) in [5.74, 6) is 0. The van der Waals surface area contributed by atoms with Crippen molar-refractivity contribution >= 4 is 0 Å². The van der Waals surface area contributed by atoms with Crippen LogP contribution >= 0.6 is 0 Å². The molecule has 52 valence electrons. The van der Waals surface area contributed by atoms with Crippen molar-refractivity contribution in [3.05, 3.63) is 24.3 Å². The Hall–Kier alpha value is -0.600. The third-order valence-electron chi connectivity index (χ3n) is 0.996. The minimum absolute atomic E-state index is 0.161. The SMILES string of the molecule is C=C(CO)C(O)C=CC. The number of aliphatic hydroxyl groups is 2. The number of hydrogen-bond acceptors (Lipinski definition) is 2. The fraction of sp³-hybridized carbons (Fsp3) is 0.429. The smallest absolute Gasteiger partial charge is 0.0951 e. The molecular weight excluding hydrogens is 116 g/mol. The number of hydrogen-bond donors (Lipinski definition) is 2. The first kappa shape index (κ1) is 8.40. The Balaban J connectivity index is 3.72. The lowest BCUT2D eigenvalue weighted by Crippen LogP contribution is -2.08. The summed E-state index contributed by atoms with van der Waals surface area (Å²) in [7, 11) is 0. The molecule has 0 amide bonds. The van der Waals surface area contributed by atoms with Crippen LogP contribution in [0.15, 0.2) is 24.3 Å². The van der Waals surface area contributed by atoms with E-state index in [-0.39, 0.29) is 6.61 Å². The molecule has 1 unspecified atom stereocenters. The van der Waals surface area contributed by atoms with Gasteiger partial charge in [0.2, 0.25) is 0 Å². The quantitative estimate of drug-likeness (QED) is 0.542. The van der Waals surface area contributed by atoms with E-state index in [4.69, 9.17) is 10.2 Å². The van der Waals surface area contributed by atoms with Crippen molar-refractivity contribution in [2.75, 3.05) is 6.61 Å². The van der Waals surface area contributed by atoms with Crippen molar-refractivity contribution in [3.63, 3.8) is 0 Å². The summed E-state index contributed by atoms with van der Waals surface area (Å²) in [6.07, 6.45) is 2.59. The molecule has 1 atom stereocenters. The maximum atomic E-state index is 8.97. The van der Waals surface area contributed by atoms with Crippen LogP contribution in [-0.4, -0.2) is 22.9 Å². The molecule has 0 aliphatic rings. The van der Waals surface area contributed by atoms with Gasteiger partial charge in [0.25, 0.3) is 0 Å². The van der Waals surface area contributed by atoms with Gasteiger partial charge in [-0.25, -0.2) is 0 Å². The zero-order valence-electron chi connectivity index (χ0n) is 5.54. The van der Waals surface area contributed by atoms with Gasteiger partial charge >= 0.3 is 0 Å². The average Bonchev–Trinajstić information content (AvgIpc) is 1.87. The largest absolute Gasteiger partial charge is 0.392 e. The standard InChI is InChI=1S/C7H12O2/c1-3-4-7(9)6(2)5-8/h3-4,7-9H,2,5H2,1H3. The summed E-state index contributed by atoms with van der Waals surface area (Å²) < 4.78 is 0. The van der Waals surface area contributed by atoms with E-state index in [1.807, 2.05) is 0 Å². The normalized spacial score (nSPS) is 14.1. The molecule has 0 saturated carbocycles. The molecule has 0 aromatic carbocycles. The van der Waals surface area contributed by atoms with E-state index < -0.39 is 6.10 Å². The van der Waals surface area contributed by atoms with Gasteiger partial charge in [-0.1, -0.05) is 18.7 Å². The van der Waals surface area contributed by atoms with Crippen LogP contribution in [0.25, 0.3) is 0 Å². The van der Waals surface area contributed by atoms with Gasteiger partial charge in [0.15, 0.2) is 0 Å². The van der Waals surface area contributed by atoms with Crippen LogP contribution in [0.2, 0.25) is 0 Å². The van der Waals surface area contributed by atoms with Crippen LogP contribution in [0.3, 0.4) is 0 Å². The molecular formula is C7H12O2. The maximum Gasteiger partial charge on any atom is 0.0951 e. The minimum atomic E-state index is -0.694. The molecule has 0 heterocycles. The van der Waals surface area contributed by atoms with E-state index in [0.717, 1.165) is 0 Å². The van der Waals surface area contributed by atoms with Gasteiger partial charge in [-0.05, 0) is 12.5 Å². The molecule has 0 aliphatic carbocycles. The summed E-state index contributed by atoms with van der Waals surface area (Å²) in [6.45, 7) is 5.08. The highest BCUT2D eigenvalue weighted by Gasteiger charge is 2.00. The van der Waals surface area contributed by atoms with Crippen molar-refractivity contribution in [1.29, 1.82) is 0 Å². The summed E-state index contributed by atoms with van der Waals surface area (Å²) in [6, 6.07) is 0. The molecule has 2 heteroatoms. The van der Waals surface area contributed by atoms with Gasteiger partial charge in [-0.15, -0.1) is 0 Å². The lowest BCUT2D eigenvalue weighted by molar-refractivity contribution is 0.227. The number of aliphatic hydroxyl groups excluding tert-OH is 2. The van der Waals surface area contributed by atoms with E-state index in [9.17, 15) is 0 Å². The third-order valence-corrected chi connectivity index (χ3v) is 0.996. The van der Waals surface area contributed by atoms with E-state index >= 15 is 0 Å². The van der Waals surface area contributed by atoms with E-state index in [1.54, 1.807) is 19.1 Å². The lowest BCUT2D eigenvalue weighted by atomic mass is 10.2. The lowest BCUT2D eigenvalue weighted by Gasteiger charge is -2.04. The molecule has 0 radical (unpaired) electrons. The summed E-state index contributed by atoms with van der Waals surface area (Å²) in [4.78, 5) is 0. The topological polar surface area (TPSA) is 40.5 Å². The van der Waals surface area contributed by atoms with Crippen molar-refractivity contribution in [2.24, 2.45) is 0 Å². The zero-order chi connectivity index (χ0) is 7.28. The van der Waals surface area contributed by atoms with Crippen molar-refractivity contribution < 1.29 is 10.2 Å². The molecule has 2 nitrogen and oxygen atoms in total. The highest BCUT2D eigenvalue weighted by Crippen LogP contribution is 1.98. The van der Waals surface area contributed by atoms with Gasteiger partial charge in [-0.3, -0.25) is 0 Å². The molecule has 0 spiro atoms. The molecule has 0 aliphatic heterocycles. The van der Waals surface area contributed by atoms with E-state index in [0.29, 0.717) is 5.57 Å². The Morgan fingerprint density at radius 2 is 2.33 bits per heavy atom. The van der Waals surface area contributed by atoms with Crippen LogP contribution in [0.5, 0.6) is 0 Å². The van der Waals surface area contributed by atoms with Crippen molar-refractivity contribution in [3.8, 4) is 0 Å². The molecule has 0 fully saturated rings. The monoisotopic (exact) mass is 128 g/mol. The summed E-state index contributed by atoms with van der Waals surface area (Å²) >= 11 is 0. The molecule has 0 aromatic heterocycles. The minimum Gasteiger partial charge on any atom is -0.392 e. The molecule has 0 saturated heterocycles. The molecule has 9 heavy (non-hydrogen) atoms. The second-order valence-corrected chi connectivity index (χ2v) is 1.79. The highest BCUT2D eigenvalue weighted by molar-refractivity contribution is 5.10. The second-order valence-electron chi connectivity index (χ2n) is 1.79. The fourth-order valence-corrected chi connectivity index (χ4v) is 0.412. The maximum absolute atomic E-state index is 8.97. The van der Waals surface area contributed by atoms with Crippen LogP contribution < -0.4 is 0 Å². The van der Waals surface area contributed by atoms with E-state index in [1.165, 1.54) is 0 Å². The van der Waals surface area contributed by atoms with Crippen molar-refractivity contribution in [2.45, 2.75) is 13.0 Å². The van der Waals surface area contributed by atoms with Crippen LogP contribution in [0, 0.1) is 0 Å². The van der Waals surface area contributed by atoms with Gasteiger partial charge in [0.1, 0.15) is 0 Å². The second kappa shape index (κ2) is 4.30. The van der Waals surface area contributed by atoms with Crippen LogP contribution in [-0.2, 0) is 0 Å². The first-order chi connectivity index (χ1) is 4.22. The zero-order valence-corrected chi connectivity index (χ0v) is 5.54. The van der Waals surface area contributed by atoms with Gasteiger partial charge < -0.3 is 10.2 Å². The fourth-order valence-electron chi connectivity index (χ4n) is 0.412. The Morgan fingerprint density at radius 3 is 2.67 bits per heavy atom. The molecule has 0 aromatic rings. The Kier molecular flexibility index (Phi) is 4.01. The molecule has 0 rings (SSSR count). The van der Waals surface area contributed by atoms with Crippen LogP contribution in [0.1, 0.15) is 6.92 Å². The number of allylic oxidation sites excluding steroid dienone is 1. The van der Waals surface area contributed by atoms with Crippen LogP contribution in [0.4, 0.5) is 0 Å². The predicted octanol–water partition coefficient (Wildman–Crippen LogP) is 0.472. The third kappa shape index (κ3) is 3.06. The summed E-state index contributed by atoms with van der Waals surface area (Å²) in [5, 5.41) is 17.4. The Bertz CT molecular complexity index is 116. The van der Waals surface area contributed by atoms with Gasteiger partial charge in [0, 0.05) is 0 Å². The molecule has 0 bridgehead atoms. The first-order valence-corrected chi connectivity index (χ1v) is 2.81. The molecule has 2 N–H and O–H groups in total. The Morgan fingerprint density at radius 1 is 1.78 bits per heavy atom. The Labute approximate surface area is 55.1 Å².